The van der Waals surface area contributed by atoms with E-state index in [4.69, 9.17) is 4.74 Å². The topological polar surface area (TPSA) is 89.5 Å². The molecule has 1 aromatic heterocycles. The number of fused-ring (bicyclic) bond motifs is 3. The molecule has 0 bridgehead atoms. The highest BCUT2D eigenvalue weighted by molar-refractivity contribution is 7.90. The van der Waals surface area contributed by atoms with Gasteiger partial charge in [0.25, 0.3) is 0 Å². The Morgan fingerprint density at radius 1 is 1.23 bits per heavy atom. The Bertz CT molecular complexity index is 1030. The van der Waals surface area contributed by atoms with E-state index in [2.05, 4.69) is 9.97 Å². The predicted molar refractivity (Wildman–Crippen MR) is 95.8 cm³/mol. The van der Waals surface area contributed by atoms with Gasteiger partial charge in [0.05, 0.1) is 5.69 Å². The molecule has 3 heterocycles. The molecule has 2 aliphatic heterocycles. The van der Waals surface area contributed by atoms with Gasteiger partial charge in [-0.2, -0.15) is 0 Å². The average molecular weight is 373 g/mol. The molecule has 1 aromatic carbocycles. The second kappa shape index (κ2) is 5.51. The van der Waals surface area contributed by atoms with E-state index in [9.17, 15) is 13.2 Å². The third-order valence-electron chi connectivity index (χ3n) is 4.67. The fraction of sp³-hybridized carbons (Fsp3) is 0.389. The molecule has 0 aliphatic carbocycles. The van der Waals surface area contributed by atoms with Crippen LogP contribution in [0.5, 0.6) is 5.75 Å². The van der Waals surface area contributed by atoms with Gasteiger partial charge < -0.3 is 9.64 Å². The van der Waals surface area contributed by atoms with Crippen molar-refractivity contribution in [2.24, 2.45) is 0 Å². The molecule has 0 spiro atoms. The van der Waals surface area contributed by atoms with E-state index >= 15 is 0 Å². The number of hydrogen-bond donors (Lipinski definition) is 0. The quantitative estimate of drug-likeness (QED) is 0.751. The molecule has 8 heteroatoms. The van der Waals surface area contributed by atoms with Crippen molar-refractivity contribution in [2.45, 2.75) is 37.4 Å². The van der Waals surface area contributed by atoms with Crippen molar-refractivity contribution in [1.29, 1.82) is 0 Å². The third-order valence-corrected chi connectivity index (χ3v) is 5.53. The van der Waals surface area contributed by atoms with Crippen molar-refractivity contribution in [1.82, 2.24) is 9.97 Å². The standard InChI is InChI=1S/C18H19N3O4S/c1-18(2)16-13(10-19-17(20-16)26(3,23)24)12-7-6-11(9-14(12)25-18)21-8-4-5-15(21)22/h6-7,9-10H,4-5,8H2,1-3H3. The molecular formula is C18H19N3O4S. The van der Waals surface area contributed by atoms with Crippen molar-refractivity contribution < 1.29 is 17.9 Å². The number of sulfone groups is 1. The number of benzene rings is 1. The van der Waals surface area contributed by atoms with E-state index in [0.717, 1.165) is 29.5 Å². The van der Waals surface area contributed by atoms with Gasteiger partial charge in [-0.1, -0.05) is 0 Å². The Hall–Kier alpha value is -2.48. The zero-order chi connectivity index (χ0) is 18.7. The zero-order valence-electron chi connectivity index (χ0n) is 14.8. The van der Waals surface area contributed by atoms with Crippen LogP contribution in [0.1, 0.15) is 32.4 Å². The molecule has 136 valence electrons. The Balaban J connectivity index is 1.85. The summed E-state index contributed by atoms with van der Waals surface area (Å²) in [5, 5.41) is -0.212. The number of rotatable bonds is 2. The minimum Gasteiger partial charge on any atom is -0.481 e. The Labute approximate surface area is 151 Å². The summed E-state index contributed by atoms with van der Waals surface area (Å²) in [7, 11) is -3.51. The van der Waals surface area contributed by atoms with Crippen LogP contribution in [-0.2, 0) is 20.2 Å². The maximum Gasteiger partial charge on any atom is 0.247 e. The first-order chi connectivity index (χ1) is 12.2. The largest absolute Gasteiger partial charge is 0.481 e. The van der Waals surface area contributed by atoms with Gasteiger partial charge in [-0.15, -0.1) is 0 Å². The van der Waals surface area contributed by atoms with Crippen LogP contribution in [0.3, 0.4) is 0 Å². The van der Waals surface area contributed by atoms with Gasteiger partial charge in [0, 0.05) is 48.3 Å². The van der Waals surface area contributed by atoms with E-state index in [1.807, 2.05) is 32.0 Å². The molecule has 2 aromatic rings. The highest BCUT2D eigenvalue weighted by atomic mass is 32.2. The van der Waals surface area contributed by atoms with Crippen molar-refractivity contribution in [3.8, 4) is 16.9 Å². The van der Waals surface area contributed by atoms with Gasteiger partial charge in [0.15, 0.2) is 0 Å². The molecule has 2 aliphatic rings. The lowest BCUT2D eigenvalue weighted by Gasteiger charge is -2.34. The van der Waals surface area contributed by atoms with Crippen LogP contribution >= 0.6 is 0 Å². The van der Waals surface area contributed by atoms with Crippen LogP contribution < -0.4 is 9.64 Å². The van der Waals surface area contributed by atoms with E-state index in [1.54, 1.807) is 4.90 Å². The molecule has 0 radical (unpaired) electrons. The van der Waals surface area contributed by atoms with Crippen LogP contribution in [0, 0.1) is 0 Å². The van der Waals surface area contributed by atoms with Crippen LogP contribution in [0.2, 0.25) is 0 Å². The van der Waals surface area contributed by atoms with Crippen LogP contribution in [-0.4, -0.2) is 37.1 Å². The van der Waals surface area contributed by atoms with Gasteiger partial charge in [0.2, 0.25) is 20.9 Å². The number of carbonyl (C=O) groups is 1. The van der Waals surface area contributed by atoms with Gasteiger partial charge in [-0.05, 0) is 32.4 Å². The maximum absolute atomic E-state index is 12.0. The number of hydrogen-bond acceptors (Lipinski definition) is 6. The number of carbonyl (C=O) groups excluding carboxylic acids is 1. The molecular weight excluding hydrogens is 354 g/mol. The molecule has 1 fully saturated rings. The second-order valence-electron chi connectivity index (χ2n) is 7.13. The first kappa shape index (κ1) is 17.0. The zero-order valence-corrected chi connectivity index (χ0v) is 15.6. The molecule has 0 saturated carbocycles. The van der Waals surface area contributed by atoms with E-state index in [-0.39, 0.29) is 11.1 Å². The normalized spacial score (nSPS) is 18.3. The van der Waals surface area contributed by atoms with Crippen LogP contribution in [0.15, 0.2) is 29.6 Å². The van der Waals surface area contributed by atoms with Gasteiger partial charge in [-0.25, -0.2) is 18.4 Å². The number of anilines is 1. The summed E-state index contributed by atoms with van der Waals surface area (Å²) in [6.45, 7) is 4.38. The smallest absolute Gasteiger partial charge is 0.247 e. The fourth-order valence-electron chi connectivity index (χ4n) is 3.43. The van der Waals surface area contributed by atoms with Gasteiger partial charge in [-0.3, -0.25) is 4.79 Å². The monoisotopic (exact) mass is 373 g/mol. The Morgan fingerprint density at radius 2 is 2.00 bits per heavy atom. The summed E-state index contributed by atoms with van der Waals surface area (Å²) in [6, 6.07) is 5.60. The lowest BCUT2D eigenvalue weighted by molar-refractivity contribution is -0.117. The van der Waals surface area contributed by atoms with Crippen molar-refractivity contribution in [3.05, 3.63) is 30.1 Å². The summed E-state index contributed by atoms with van der Waals surface area (Å²) in [4.78, 5) is 22.0. The maximum atomic E-state index is 12.0. The lowest BCUT2D eigenvalue weighted by Crippen LogP contribution is -2.32. The number of nitrogens with zero attached hydrogens (tertiary/aromatic N) is 3. The number of amides is 1. The fourth-order valence-corrected chi connectivity index (χ4v) is 3.93. The molecule has 26 heavy (non-hydrogen) atoms. The molecule has 1 amide bonds. The van der Waals surface area contributed by atoms with Gasteiger partial charge in [0.1, 0.15) is 11.4 Å². The first-order valence-electron chi connectivity index (χ1n) is 8.38. The molecule has 1 saturated heterocycles. The highest BCUT2D eigenvalue weighted by Crippen LogP contribution is 2.45. The molecule has 0 unspecified atom stereocenters. The van der Waals surface area contributed by atoms with E-state index < -0.39 is 15.4 Å². The summed E-state index contributed by atoms with van der Waals surface area (Å²) in [5.74, 6) is 0.747. The SMILES string of the molecule is CC1(C)Oc2cc(N3CCCC3=O)ccc2-c2cnc(S(C)(=O)=O)nc21. The number of aromatic nitrogens is 2. The molecule has 4 rings (SSSR count). The summed E-state index contributed by atoms with van der Waals surface area (Å²) >= 11 is 0. The summed E-state index contributed by atoms with van der Waals surface area (Å²) in [5.41, 5.74) is 2.04. The van der Waals surface area contributed by atoms with Crippen LogP contribution in [0.4, 0.5) is 5.69 Å². The number of ether oxygens (including phenoxy) is 1. The summed E-state index contributed by atoms with van der Waals surface area (Å²) in [6.07, 6.45) is 4.03. The molecule has 0 N–H and O–H groups in total. The highest BCUT2D eigenvalue weighted by Gasteiger charge is 2.36. The van der Waals surface area contributed by atoms with E-state index in [1.165, 1.54) is 6.20 Å². The van der Waals surface area contributed by atoms with Crippen molar-refractivity contribution >= 4 is 21.4 Å². The van der Waals surface area contributed by atoms with Gasteiger partial charge >= 0.3 is 0 Å². The third kappa shape index (κ3) is 2.65. The van der Waals surface area contributed by atoms with Crippen molar-refractivity contribution in [3.63, 3.8) is 0 Å². The molecule has 7 nitrogen and oxygen atoms in total. The second-order valence-corrected chi connectivity index (χ2v) is 9.04. The molecule has 0 atom stereocenters. The minimum atomic E-state index is -3.51. The average Bonchev–Trinajstić information content (AvgIpc) is 2.99. The Morgan fingerprint density at radius 3 is 2.65 bits per heavy atom. The van der Waals surface area contributed by atoms with Crippen molar-refractivity contribution in [2.75, 3.05) is 17.7 Å². The minimum absolute atomic E-state index is 0.113. The summed E-state index contributed by atoms with van der Waals surface area (Å²) < 4.78 is 29.7. The Kier molecular flexibility index (Phi) is 3.59. The predicted octanol–water partition coefficient (Wildman–Crippen LogP) is 2.30. The van der Waals surface area contributed by atoms with Crippen LogP contribution in [0.25, 0.3) is 11.1 Å². The van der Waals surface area contributed by atoms with E-state index in [0.29, 0.717) is 24.4 Å². The lowest BCUT2D eigenvalue weighted by atomic mass is 9.91. The first-order valence-corrected chi connectivity index (χ1v) is 10.3.